The highest BCUT2D eigenvalue weighted by atomic mass is 19.2. The number of hydrogen-bond acceptors (Lipinski definition) is 2. The molecule has 0 fully saturated rings. The van der Waals surface area contributed by atoms with Gasteiger partial charge in [-0.3, -0.25) is 0 Å². The Labute approximate surface area is 96.1 Å². The third-order valence-electron chi connectivity index (χ3n) is 2.38. The van der Waals surface area contributed by atoms with Gasteiger partial charge in [-0.2, -0.15) is 0 Å². The van der Waals surface area contributed by atoms with Crippen molar-refractivity contribution in [2.24, 2.45) is 0 Å². The van der Waals surface area contributed by atoms with Crippen LogP contribution in [0, 0.1) is 17.5 Å². The van der Waals surface area contributed by atoms with Gasteiger partial charge in [-0.15, -0.1) is 0 Å². The van der Waals surface area contributed by atoms with E-state index >= 15 is 0 Å². The second-order valence-corrected chi connectivity index (χ2v) is 3.53. The van der Waals surface area contributed by atoms with Gasteiger partial charge in [0.15, 0.2) is 11.6 Å². The van der Waals surface area contributed by atoms with E-state index in [2.05, 4.69) is 5.32 Å². The van der Waals surface area contributed by atoms with E-state index in [0.29, 0.717) is 23.9 Å². The summed E-state index contributed by atoms with van der Waals surface area (Å²) < 4.78 is 44.6. The summed E-state index contributed by atoms with van der Waals surface area (Å²) in [5, 5.41) is 2.84. The number of hydrogen-bond donors (Lipinski definition) is 1. The lowest BCUT2D eigenvalue weighted by atomic mass is 10.1. The zero-order valence-corrected chi connectivity index (χ0v) is 9.06. The average molecular weight is 241 g/mol. The second kappa shape index (κ2) is 4.63. The van der Waals surface area contributed by atoms with Gasteiger partial charge in [-0.1, -0.05) is 0 Å². The van der Waals surface area contributed by atoms with Gasteiger partial charge in [0.2, 0.25) is 0 Å². The summed E-state index contributed by atoms with van der Waals surface area (Å²) >= 11 is 0. The zero-order valence-electron chi connectivity index (χ0n) is 9.06. The van der Waals surface area contributed by atoms with Crippen molar-refractivity contribution >= 4 is 0 Å². The molecule has 5 heteroatoms. The molecule has 0 atom stereocenters. The Morgan fingerprint density at radius 2 is 1.76 bits per heavy atom. The lowest BCUT2D eigenvalue weighted by molar-refractivity contribution is 0.491. The van der Waals surface area contributed by atoms with Gasteiger partial charge in [-0.05, 0) is 19.2 Å². The van der Waals surface area contributed by atoms with E-state index in [1.165, 1.54) is 12.3 Å². The van der Waals surface area contributed by atoms with Crippen LogP contribution in [0.25, 0.3) is 11.1 Å². The van der Waals surface area contributed by atoms with Gasteiger partial charge in [0.1, 0.15) is 11.6 Å². The largest absolute Gasteiger partial charge is 0.467 e. The molecule has 1 N–H and O–H groups in total. The van der Waals surface area contributed by atoms with Crippen molar-refractivity contribution in [3.8, 4) is 11.1 Å². The first kappa shape index (κ1) is 11.7. The maximum atomic E-state index is 13.5. The summed E-state index contributed by atoms with van der Waals surface area (Å²) in [6.45, 7) is 0.376. The maximum Gasteiger partial charge on any atom is 0.161 e. The Kier molecular flexibility index (Phi) is 3.19. The number of nitrogens with one attached hydrogen (secondary N) is 1. The van der Waals surface area contributed by atoms with Crippen molar-refractivity contribution < 1.29 is 17.6 Å². The molecule has 1 aromatic heterocycles. The van der Waals surface area contributed by atoms with Crippen molar-refractivity contribution in [3.05, 3.63) is 47.7 Å². The molecule has 2 rings (SSSR count). The quantitative estimate of drug-likeness (QED) is 0.835. The average Bonchev–Trinajstić information content (AvgIpc) is 2.72. The summed E-state index contributed by atoms with van der Waals surface area (Å²) in [5.74, 6) is -2.64. The summed E-state index contributed by atoms with van der Waals surface area (Å²) in [4.78, 5) is 0. The Balaban J connectivity index is 2.52. The molecule has 0 aliphatic heterocycles. The maximum absolute atomic E-state index is 13.5. The van der Waals surface area contributed by atoms with Crippen molar-refractivity contribution in [2.45, 2.75) is 6.54 Å². The Morgan fingerprint density at radius 3 is 2.47 bits per heavy atom. The summed E-state index contributed by atoms with van der Waals surface area (Å²) in [6, 6.07) is 2.87. The number of halogens is 3. The van der Waals surface area contributed by atoms with E-state index < -0.39 is 17.5 Å². The van der Waals surface area contributed by atoms with Gasteiger partial charge in [0.05, 0.1) is 12.8 Å². The van der Waals surface area contributed by atoms with Crippen molar-refractivity contribution in [3.63, 3.8) is 0 Å². The molecule has 0 aliphatic carbocycles. The molecule has 1 heterocycles. The minimum Gasteiger partial charge on any atom is -0.467 e. The van der Waals surface area contributed by atoms with Crippen molar-refractivity contribution in [2.75, 3.05) is 7.05 Å². The van der Waals surface area contributed by atoms with Crippen LogP contribution in [-0.4, -0.2) is 7.05 Å². The number of rotatable bonds is 3. The van der Waals surface area contributed by atoms with Crippen LogP contribution in [0.1, 0.15) is 5.76 Å². The predicted octanol–water partition coefficient (Wildman–Crippen LogP) is 3.08. The minimum absolute atomic E-state index is 0.0112. The second-order valence-electron chi connectivity index (χ2n) is 3.53. The highest BCUT2D eigenvalue weighted by Gasteiger charge is 2.15. The van der Waals surface area contributed by atoms with Crippen LogP contribution < -0.4 is 5.32 Å². The van der Waals surface area contributed by atoms with E-state index in [1.807, 2.05) is 0 Å². The molecule has 0 bridgehead atoms. The van der Waals surface area contributed by atoms with Gasteiger partial charge in [0, 0.05) is 17.2 Å². The molecule has 0 aliphatic rings. The summed E-state index contributed by atoms with van der Waals surface area (Å²) in [7, 11) is 1.70. The molecule has 1 aromatic carbocycles. The van der Waals surface area contributed by atoms with Gasteiger partial charge < -0.3 is 9.73 Å². The zero-order chi connectivity index (χ0) is 12.4. The molecule has 0 radical (unpaired) electrons. The number of furan rings is 1. The fourth-order valence-electron chi connectivity index (χ4n) is 1.61. The first-order chi connectivity index (χ1) is 8.13. The van der Waals surface area contributed by atoms with Crippen LogP contribution >= 0.6 is 0 Å². The van der Waals surface area contributed by atoms with E-state index in [9.17, 15) is 13.2 Å². The third kappa shape index (κ3) is 2.19. The first-order valence-electron chi connectivity index (χ1n) is 4.99. The van der Waals surface area contributed by atoms with E-state index in [4.69, 9.17) is 4.42 Å². The smallest absolute Gasteiger partial charge is 0.161 e. The Hall–Kier alpha value is -1.75. The highest BCUT2D eigenvalue weighted by molar-refractivity contribution is 5.66. The highest BCUT2D eigenvalue weighted by Crippen LogP contribution is 2.29. The van der Waals surface area contributed by atoms with Crippen LogP contribution in [0.3, 0.4) is 0 Å². The van der Waals surface area contributed by atoms with Crippen LogP contribution in [0.5, 0.6) is 0 Å². The Morgan fingerprint density at radius 1 is 1.06 bits per heavy atom. The van der Waals surface area contributed by atoms with Gasteiger partial charge in [0.25, 0.3) is 0 Å². The molecule has 17 heavy (non-hydrogen) atoms. The van der Waals surface area contributed by atoms with E-state index in [1.54, 1.807) is 7.05 Å². The van der Waals surface area contributed by atoms with Crippen LogP contribution in [0.2, 0.25) is 0 Å². The molecular formula is C12H10F3NO. The predicted molar refractivity (Wildman–Crippen MR) is 56.8 cm³/mol. The molecule has 0 unspecified atom stereocenters. The van der Waals surface area contributed by atoms with Crippen LogP contribution in [0.15, 0.2) is 28.9 Å². The lowest BCUT2D eigenvalue weighted by Gasteiger charge is -2.04. The van der Waals surface area contributed by atoms with Gasteiger partial charge in [-0.25, -0.2) is 13.2 Å². The van der Waals surface area contributed by atoms with Crippen molar-refractivity contribution in [1.82, 2.24) is 5.32 Å². The molecule has 0 saturated carbocycles. The van der Waals surface area contributed by atoms with E-state index in [-0.39, 0.29) is 5.56 Å². The summed E-state index contributed by atoms with van der Waals surface area (Å²) in [6.07, 6.45) is 1.38. The molecule has 90 valence electrons. The molecule has 2 nitrogen and oxygen atoms in total. The monoisotopic (exact) mass is 241 g/mol. The molecule has 0 saturated heterocycles. The Bertz CT molecular complexity index is 537. The topological polar surface area (TPSA) is 25.2 Å². The van der Waals surface area contributed by atoms with Gasteiger partial charge >= 0.3 is 0 Å². The third-order valence-corrected chi connectivity index (χ3v) is 2.38. The molecular weight excluding hydrogens is 231 g/mol. The fraction of sp³-hybridized carbons (Fsp3) is 0.167. The van der Waals surface area contributed by atoms with Crippen LogP contribution in [0.4, 0.5) is 13.2 Å². The summed E-state index contributed by atoms with van der Waals surface area (Å²) in [5.41, 5.74) is 0.402. The fourth-order valence-corrected chi connectivity index (χ4v) is 1.61. The van der Waals surface area contributed by atoms with Crippen LogP contribution in [-0.2, 0) is 6.54 Å². The number of benzene rings is 1. The normalized spacial score (nSPS) is 10.8. The molecule has 2 aromatic rings. The minimum atomic E-state index is -1.20. The standard InChI is InChI=1S/C12H10F3NO/c1-16-6-12-7(2-3-17-12)8-4-10(14)11(15)5-9(8)13/h2-5,16H,6H2,1H3. The molecule has 0 spiro atoms. The molecule has 0 amide bonds. The first-order valence-corrected chi connectivity index (χ1v) is 4.99. The lowest BCUT2D eigenvalue weighted by Crippen LogP contribution is -2.05. The SMILES string of the molecule is CNCc1occc1-c1cc(F)c(F)cc1F. The van der Waals surface area contributed by atoms with Crippen molar-refractivity contribution in [1.29, 1.82) is 0 Å². The van der Waals surface area contributed by atoms with E-state index in [0.717, 1.165) is 6.07 Å².